The van der Waals surface area contributed by atoms with E-state index >= 15 is 0 Å². The number of sulfonamides is 1. The summed E-state index contributed by atoms with van der Waals surface area (Å²) in [6.45, 7) is 9.74. The first-order valence-electron chi connectivity index (χ1n) is 21.4. The maximum Gasteiger partial charge on any atom is 0.264 e. The Kier molecular flexibility index (Phi) is 12.0. The minimum absolute atomic E-state index is 0.179. The lowest BCUT2D eigenvalue weighted by Gasteiger charge is -2.54. The number of carbonyl (C=O) groups excluding carboxylic acids is 1. The molecule has 1 amide bonds. The molecule has 1 saturated carbocycles. The van der Waals surface area contributed by atoms with E-state index in [-0.39, 0.29) is 16.9 Å². The van der Waals surface area contributed by atoms with Crippen molar-refractivity contribution in [3.05, 3.63) is 58.1 Å². The number of rotatable bonds is 6. The fourth-order valence-electron chi connectivity index (χ4n) is 11.6. The van der Waals surface area contributed by atoms with Gasteiger partial charge in [0.15, 0.2) is 0 Å². The van der Waals surface area contributed by atoms with Crippen LogP contribution in [0.25, 0.3) is 0 Å². The normalized spacial score (nSPS) is 33.9. The van der Waals surface area contributed by atoms with Crippen LogP contribution in [0, 0.1) is 17.8 Å². The number of ether oxygens (including phenoxy) is 3. The summed E-state index contributed by atoms with van der Waals surface area (Å²) in [7, 11) is -0.508. The molecule has 0 unspecified atom stereocenters. The summed E-state index contributed by atoms with van der Waals surface area (Å²) in [4.78, 5) is 21.8. The van der Waals surface area contributed by atoms with E-state index in [2.05, 4.69) is 31.6 Å². The minimum atomic E-state index is -4.03. The zero-order valence-electron chi connectivity index (χ0n) is 33.8. The number of anilines is 1. The van der Waals surface area contributed by atoms with E-state index in [1.807, 2.05) is 32.2 Å². The molecule has 2 aliphatic carbocycles. The largest absolute Gasteiger partial charge is 0.490 e. The Bertz CT molecular complexity index is 1850. The maximum atomic E-state index is 14.1. The molecule has 4 heterocycles. The number of piperidine rings is 1. The monoisotopic (exact) mass is 810 g/mol. The second kappa shape index (κ2) is 16.7. The number of hydrogen-bond acceptors (Lipinski definition) is 9. The van der Waals surface area contributed by atoms with Gasteiger partial charge in [-0.2, -0.15) is 0 Å². The van der Waals surface area contributed by atoms with Gasteiger partial charge in [-0.25, -0.2) is 13.1 Å². The number of hydrogen-bond donors (Lipinski definition) is 1. The van der Waals surface area contributed by atoms with Gasteiger partial charge < -0.3 is 19.1 Å². The molecule has 2 saturated heterocycles. The summed E-state index contributed by atoms with van der Waals surface area (Å²) in [5.41, 5.74) is 3.14. The molecule has 1 spiro atoms. The van der Waals surface area contributed by atoms with Gasteiger partial charge in [-0.3, -0.25) is 14.6 Å². The predicted octanol–water partition coefficient (Wildman–Crippen LogP) is 6.68. The number of nitrogens with one attached hydrogen (secondary N) is 1. The summed E-state index contributed by atoms with van der Waals surface area (Å²) >= 11 is 6.54. The van der Waals surface area contributed by atoms with Gasteiger partial charge in [-0.1, -0.05) is 37.4 Å². The second-order valence-electron chi connectivity index (χ2n) is 18.1. The van der Waals surface area contributed by atoms with E-state index in [0.717, 1.165) is 107 Å². The van der Waals surface area contributed by atoms with Crippen LogP contribution in [0.3, 0.4) is 0 Å². The first-order chi connectivity index (χ1) is 27.0. The van der Waals surface area contributed by atoms with Gasteiger partial charge in [-0.15, -0.1) is 0 Å². The molecule has 2 aromatic rings. The molecule has 56 heavy (non-hydrogen) atoms. The Balaban J connectivity index is 1.18. The van der Waals surface area contributed by atoms with Crippen LogP contribution in [0.4, 0.5) is 5.69 Å². The highest BCUT2D eigenvalue weighted by Gasteiger charge is 2.51. The van der Waals surface area contributed by atoms with Crippen LogP contribution in [0.15, 0.2) is 36.4 Å². The van der Waals surface area contributed by atoms with E-state index in [1.54, 1.807) is 13.2 Å². The highest BCUT2D eigenvalue weighted by Crippen LogP contribution is 2.50. The SMILES string of the molecule is COCC[C@@H]1[C@@H](C)CCC[C@@](CN2CCN3CCCC[C@@H]3C2)(OC)[C@@H]2CC[C@H]2CN2C[C@@]3(CCCc4cc(Cl)ccc43)COc3ccc(cc32)C(=O)NS1(=O)=O. The smallest absolute Gasteiger partial charge is 0.264 e. The van der Waals surface area contributed by atoms with Crippen molar-refractivity contribution in [2.45, 2.75) is 106 Å². The summed E-state index contributed by atoms with van der Waals surface area (Å²) < 4.78 is 49.7. The molecule has 4 aliphatic heterocycles. The van der Waals surface area contributed by atoms with Crippen LogP contribution in [0.5, 0.6) is 5.75 Å². The molecular formula is C44H63ClN4O6S. The molecule has 12 heteroatoms. The maximum absolute atomic E-state index is 14.1. The number of aryl methyl sites for hydroxylation is 1. The molecule has 3 fully saturated rings. The molecule has 2 aromatic carbocycles. The lowest BCUT2D eigenvalue weighted by Crippen LogP contribution is -2.62. The van der Waals surface area contributed by atoms with Gasteiger partial charge in [-0.05, 0) is 130 Å². The lowest BCUT2D eigenvalue weighted by atomic mass is 9.62. The van der Waals surface area contributed by atoms with E-state index < -0.39 is 21.2 Å². The van der Waals surface area contributed by atoms with Crippen LogP contribution in [0.2, 0.25) is 5.02 Å². The number of halogens is 1. The molecule has 1 N–H and O–H groups in total. The Morgan fingerprint density at radius 2 is 1.84 bits per heavy atom. The fraction of sp³-hybridized carbons (Fsp3) is 0.705. The Hall–Kier alpha value is -2.41. The Morgan fingerprint density at radius 3 is 2.64 bits per heavy atom. The summed E-state index contributed by atoms with van der Waals surface area (Å²) in [5, 5.41) is -0.0151. The Morgan fingerprint density at radius 1 is 0.964 bits per heavy atom. The average Bonchev–Trinajstić information content (AvgIpc) is 3.32. The first kappa shape index (κ1) is 40.4. The number of benzene rings is 2. The second-order valence-corrected chi connectivity index (χ2v) is 20.4. The van der Waals surface area contributed by atoms with Crippen molar-refractivity contribution >= 4 is 33.2 Å². The van der Waals surface area contributed by atoms with E-state index in [0.29, 0.717) is 43.1 Å². The molecule has 0 aromatic heterocycles. The molecule has 10 nitrogen and oxygen atoms in total. The van der Waals surface area contributed by atoms with E-state index in [1.165, 1.54) is 36.9 Å². The standard InChI is InChI=1S/C44H63ClN4O6S/c1-31-8-6-19-44(54-3,29-47-21-22-48-20-5-4-10-36(48)27-47)38-14-11-34(38)26-49-28-43(18-7-9-32-24-35(45)13-15-37(32)43)30-55-40-16-12-33(25-39(40)49)42(50)46-56(51,52)41(31)17-23-53-2/h12-13,15-16,24-25,31,34,36,38,41H,4-11,14,17-23,26-30H2,1-3H3,(H,46,50)/t31-,34-,36+,38+,41+,43-,44-/m0/s1. The zero-order chi connectivity index (χ0) is 39.1. The van der Waals surface area contributed by atoms with Crippen LogP contribution in [-0.4, -0.2) is 114 Å². The molecule has 7 atom stereocenters. The van der Waals surface area contributed by atoms with Crippen molar-refractivity contribution in [1.29, 1.82) is 0 Å². The van der Waals surface area contributed by atoms with E-state index in [9.17, 15) is 13.2 Å². The summed E-state index contributed by atoms with van der Waals surface area (Å²) in [6, 6.07) is 12.4. The molecule has 8 rings (SSSR count). The van der Waals surface area contributed by atoms with Gasteiger partial charge in [0.05, 0.1) is 23.1 Å². The Labute approximate surface area is 340 Å². The summed E-state index contributed by atoms with van der Waals surface area (Å²) in [5.74, 6) is 0.681. The topological polar surface area (TPSA) is 101 Å². The van der Waals surface area contributed by atoms with Crippen LogP contribution < -0.4 is 14.4 Å². The van der Waals surface area contributed by atoms with Crippen molar-refractivity contribution in [1.82, 2.24) is 14.5 Å². The van der Waals surface area contributed by atoms with Gasteiger partial charge in [0.25, 0.3) is 5.91 Å². The predicted molar refractivity (Wildman–Crippen MR) is 222 cm³/mol. The van der Waals surface area contributed by atoms with Crippen molar-refractivity contribution in [3.8, 4) is 5.75 Å². The highest BCUT2D eigenvalue weighted by molar-refractivity contribution is 7.90. The zero-order valence-corrected chi connectivity index (χ0v) is 35.3. The third kappa shape index (κ3) is 7.99. The third-order valence-corrected chi connectivity index (χ3v) is 17.0. The van der Waals surface area contributed by atoms with Crippen LogP contribution >= 0.6 is 11.6 Å². The molecule has 308 valence electrons. The molecule has 2 bridgehead atoms. The minimum Gasteiger partial charge on any atom is -0.490 e. The van der Waals surface area contributed by atoms with Crippen molar-refractivity contribution in [2.75, 3.05) is 78.1 Å². The van der Waals surface area contributed by atoms with Crippen molar-refractivity contribution < 1.29 is 27.4 Å². The number of piperazine rings is 1. The van der Waals surface area contributed by atoms with Gasteiger partial charge >= 0.3 is 0 Å². The van der Waals surface area contributed by atoms with Crippen LogP contribution in [-0.2, 0) is 31.3 Å². The van der Waals surface area contributed by atoms with Crippen LogP contribution in [0.1, 0.15) is 99.0 Å². The quantitative estimate of drug-likeness (QED) is 0.343. The highest BCUT2D eigenvalue weighted by atomic mass is 35.5. The summed E-state index contributed by atoms with van der Waals surface area (Å²) in [6.07, 6.45) is 11.9. The first-order valence-corrected chi connectivity index (χ1v) is 23.3. The number of amides is 1. The van der Waals surface area contributed by atoms with Gasteiger partial charge in [0.1, 0.15) is 5.75 Å². The average molecular weight is 812 g/mol. The number of methoxy groups -OCH3 is 2. The third-order valence-electron chi connectivity index (χ3n) is 14.8. The fourth-order valence-corrected chi connectivity index (χ4v) is 13.5. The lowest BCUT2D eigenvalue weighted by molar-refractivity contribution is -0.136. The molecule has 0 radical (unpaired) electrons. The van der Waals surface area contributed by atoms with Crippen molar-refractivity contribution in [3.63, 3.8) is 0 Å². The van der Waals surface area contributed by atoms with Gasteiger partial charge in [0, 0.05) is 82.1 Å². The number of carbonyl (C=O) groups is 1. The van der Waals surface area contributed by atoms with Gasteiger partial charge in [0.2, 0.25) is 10.0 Å². The molecular weight excluding hydrogens is 748 g/mol. The number of nitrogens with zero attached hydrogens (tertiary/aromatic N) is 3. The number of fused-ring (bicyclic) bond motifs is 5. The van der Waals surface area contributed by atoms with Crippen molar-refractivity contribution in [2.24, 2.45) is 17.8 Å². The molecule has 6 aliphatic rings. The van der Waals surface area contributed by atoms with E-state index in [4.69, 9.17) is 25.8 Å².